The predicted octanol–water partition coefficient (Wildman–Crippen LogP) is 3.02. The Bertz CT molecular complexity index is 595. The van der Waals surface area contributed by atoms with E-state index in [1.165, 1.54) is 11.6 Å². The van der Waals surface area contributed by atoms with Crippen molar-refractivity contribution in [3.63, 3.8) is 0 Å². The molecule has 5 heteroatoms. The van der Waals surface area contributed by atoms with Crippen LogP contribution in [0.5, 0.6) is 0 Å². The fraction of sp³-hybridized carbons (Fsp3) is 0.214. The Balaban J connectivity index is 1.82. The van der Waals surface area contributed by atoms with Gasteiger partial charge in [-0.05, 0) is 23.8 Å². The molecule has 2 N–H and O–H groups in total. The van der Waals surface area contributed by atoms with Gasteiger partial charge < -0.3 is 10.3 Å². The van der Waals surface area contributed by atoms with Crippen LogP contribution < -0.4 is 11.3 Å². The highest BCUT2D eigenvalue weighted by molar-refractivity contribution is 7.98. The molecule has 0 amide bonds. The van der Waals surface area contributed by atoms with Crippen LogP contribution in [0.25, 0.3) is 0 Å². The fourth-order valence-electron chi connectivity index (χ4n) is 1.66. The molecule has 1 aromatic heterocycles. The van der Waals surface area contributed by atoms with Gasteiger partial charge in [-0.15, -0.1) is 0 Å². The van der Waals surface area contributed by atoms with Crippen LogP contribution in [0.2, 0.25) is 5.02 Å². The Morgan fingerprint density at radius 3 is 2.63 bits per heavy atom. The number of aryl methyl sites for hydroxylation is 1. The molecule has 0 spiro atoms. The van der Waals surface area contributed by atoms with Crippen molar-refractivity contribution in [2.24, 2.45) is 0 Å². The second kappa shape index (κ2) is 6.68. The first-order valence-electron chi connectivity index (χ1n) is 5.93. The van der Waals surface area contributed by atoms with Crippen molar-refractivity contribution in [2.75, 3.05) is 11.5 Å². The molecular formula is C14H15ClN2OS. The Morgan fingerprint density at radius 1 is 1.16 bits per heavy atom. The maximum absolute atomic E-state index is 11.6. The summed E-state index contributed by atoms with van der Waals surface area (Å²) in [6.07, 6.45) is 1.69. The van der Waals surface area contributed by atoms with E-state index in [1.54, 1.807) is 28.6 Å². The summed E-state index contributed by atoms with van der Waals surface area (Å²) in [6, 6.07) is 10.9. The average Bonchev–Trinajstić information content (AvgIpc) is 2.40. The zero-order chi connectivity index (χ0) is 13.7. The number of nitrogen functional groups attached to an aromatic ring is 1. The van der Waals surface area contributed by atoms with Gasteiger partial charge in [0.05, 0.1) is 0 Å². The van der Waals surface area contributed by atoms with Gasteiger partial charge in [0.1, 0.15) is 0 Å². The van der Waals surface area contributed by atoms with Crippen LogP contribution in [-0.2, 0) is 12.3 Å². The second-order valence-corrected chi connectivity index (χ2v) is 5.71. The predicted molar refractivity (Wildman–Crippen MR) is 82.7 cm³/mol. The van der Waals surface area contributed by atoms with Crippen LogP contribution in [0.3, 0.4) is 0 Å². The average molecular weight is 295 g/mol. The van der Waals surface area contributed by atoms with E-state index in [0.717, 1.165) is 16.5 Å². The molecule has 100 valence electrons. The van der Waals surface area contributed by atoms with Gasteiger partial charge in [-0.3, -0.25) is 4.79 Å². The van der Waals surface area contributed by atoms with Crippen molar-refractivity contribution in [3.05, 3.63) is 63.5 Å². The van der Waals surface area contributed by atoms with Gasteiger partial charge in [0, 0.05) is 41.0 Å². The zero-order valence-electron chi connectivity index (χ0n) is 10.4. The molecule has 0 aliphatic rings. The number of anilines is 1. The van der Waals surface area contributed by atoms with E-state index in [2.05, 4.69) is 0 Å². The number of hydrogen-bond donors (Lipinski definition) is 1. The first-order valence-corrected chi connectivity index (χ1v) is 7.46. The van der Waals surface area contributed by atoms with Crippen molar-refractivity contribution in [3.8, 4) is 0 Å². The summed E-state index contributed by atoms with van der Waals surface area (Å²) in [6.45, 7) is 0.669. The normalized spacial score (nSPS) is 10.6. The quantitative estimate of drug-likeness (QED) is 0.862. The summed E-state index contributed by atoms with van der Waals surface area (Å²) in [5, 5.41) is 0.750. The van der Waals surface area contributed by atoms with Gasteiger partial charge in [0.25, 0.3) is 5.56 Å². The molecule has 0 bridgehead atoms. The summed E-state index contributed by atoms with van der Waals surface area (Å²) < 4.78 is 1.64. The largest absolute Gasteiger partial charge is 0.398 e. The van der Waals surface area contributed by atoms with Crippen molar-refractivity contribution in [2.45, 2.75) is 12.3 Å². The molecule has 0 fully saturated rings. The smallest absolute Gasteiger partial charge is 0.250 e. The monoisotopic (exact) mass is 294 g/mol. The third kappa shape index (κ3) is 4.33. The minimum Gasteiger partial charge on any atom is -0.398 e. The molecule has 2 rings (SSSR count). The number of nitrogens with two attached hydrogens (primary N) is 1. The number of hydrogen-bond acceptors (Lipinski definition) is 3. The molecule has 0 saturated carbocycles. The van der Waals surface area contributed by atoms with Crippen molar-refractivity contribution < 1.29 is 0 Å². The number of halogens is 1. The van der Waals surface area contributed by atoms with Crippen LogP contribution in [0.1, 0.15) is 5.56 Å². The highest BCUT2D eigenvalue weighted by Crippen LogP contribution is 2.15. The third-order valence-corrected chi connectivity index (χ3v) is 3.93. The lowest BCUT2D eigenvalue weighted by molar-refractivity contribution is 0.737. The molecule has 1 heterocycles. The summed E-state index contributed by atoms with van der Waals surface area (Å²) in [7, 11) is 0. The Hall–Kier alpha value is -1.39. The molecule has 0 saturated heterocycles. The number of benzene rings is 1. The van der Waals surface area contributed by atoms with Crippen LogP contribution in [0.15, 0.2) is 47.4 Å². The van der Waals surface area contributed by atoms with E-state index in [9.17, 15) is 4.79 Å². The van der Waals surface area contributed by atoms with E-state index >= 15 is 0 Å². The molecule has 2 aromatic rings. The number of thioether (sulfide) groups is 1. The molecule has 19 heavy (non-hydrogen) atoms. The van der Waals surface area contributed by atoms with E-state index in [1.807, 2.05) is 24.3 Å². The Kier molecular flexibility index (Phi) is 4.93. The lowest BCUT2D eigenvalue weighted by atomic mass is 10.2. The minimum absolute atomic E-state index is 0.0127. The lowest BCUT2D eigenvalue weighted by Crippen LogP contribution is -2.19. The molecule has 0 unspecified atom stereocenters. The summed E-state index contributed by atoms with van der Waals surface area (Å²) in [5.41, 5.74) is 7.49. The van der Waals surface area contributed by atoms with Crippen molar-refractivity contribution >= 4 is 29.1 Å². The third-order valence-electron chi connectivity index (χ3n) is 2.66. The van der Waals surface area contributed by atoms with E-state index in [0.29, 0.717) is 12.2 Å². The van der Waals surface area contributed by atoms with Gasteiger partial charge in [-0.25, -0.2) is 0 Å². The first kappa shape index (κ1) is 14.0. The lowest BCUT2D eigenvalue weighted by Gasteiger charge is -2.06. The SMILES string of the molecule is Nc1ccc(=O)n(CCSCc2ccc(Cl)cc2)c1. The number of pyridine rings is 1. The van der Waals surface area contributed by atoms with Crippen LogP contribution in [-0.4, -0.2) is 10.3 Å². The van der Waals surface area contributed by atoms with Crippen molar-refractivity contribution in [1.29, 1.82) is 0 Å². The maximum atomic E-state index is 11.6. The van der Waals surface area contributed by atoms with E-state index in [-0.39, 0.29) is 5.56 Å². The second-order valence-electron chi connectivity index (χ2n) is 4.17. The maximum Gasteiger partial charge on any atom is 0.250 e. The topological polar surface area (TPSA) is 48.0 Å². The van der Waals surface area contributed by atoms with Crippen LogP contribution in [0, 0.1) is 0 Å². The zero-order valence-corrected chi connectivity index (χ0v) is 12.0. The van der Waals surface area contributed by atoms with Gasteiger partial charge in [-0.1, -0.05) is 23.7 Å². The standard InChI is InChI=1S/C14H15ClN2OS/c15-12-3-1-11(2-4-12)10-19-8-7-17-9-13(16)5-6-14(17)18/h1-6,9H,7-8,10,16H2. The number of aromatic nitrogens is 1. The molecule has 3 nitrogen and oxygen atoms in total. The van der Waals surface area contributed by atoms with Gasteiger partial charge in [0.2, 0.25) is 0 Å². The van der Waals surface area contributed by atoms with Gasteiger partial charge in [0.15, 0.2) is 0 Å². The number of rotatable bonds is 5. The molecule has 0 radical (unpaired) electrons. The molecular weight excluding hydrogens is 280 g/mol. The van der Waals surface area contributed by atoms with Gasteiger partial charge in [-0.2, -0.15) is 11.8 Å². The summed E-state index contributed by atoms with van der Waals surface area (Å²) in [5.74, 6) is 1.78. The first-order chi connectivity index (χ1) is 9.15. The Morgan fingerprint density at radius 2 is 1.89 bits per heavy atom. The fourth-order valence-corrected chi connectivity index (χ4v) is 2.68. The van der Waals surface area contributed by atoms with Crippen LogP contribution in [0.4, 0.5) is 5.69 Å². The molecule has 1 aromatic carbocycles. The Labute approximate surface area is 121 Å². The molecule has 0 aliphatic carbocycles. The van der Waals surface area contributed by atoms with E-state index in [4.69, 9.17) is 17.3 Å². The highest BCUT2D eigenvalue weighted by Gasteiger charge is 1.98. The number of nitrogens with zero attached hydrogens (tertiary/aromatic N) is 1. The van der Waals surface area contributed by atoms with Gasteiger partial charge >= 0.3 is 0 Å². The highest BCUT2D eigenvalue weighted by atomic mass is 35.5. The van der Waals surface area contributed by atoms with Crippen LogP contribution >= 0.6 is 23.4 Å². The summed E-state index contributed by atoms with van der Waals surface area (Å²) >= 11 is 7.61. The molecule has 0 aliphatic heterocycles. The van der Waals surface area contributed by atoms with E-state index < -0.39 is 0 Å². The summed E-state index contributed by atoms with van der Waals surface area (Å²) in [4.78, 5) is 11.6. The van der Waals surface area contributed by atoms with Crippen molar-refractivity contribution in [1.82, 2.24) is 4.57 Å². The minimum atomic E-state index is -0.0127. The molecule has 0 atom stereocenters.